The summed E-state index contributed by atoms with van der Waals surface area (Å²) in [5.74, 6) is -5.80. The van der Waals surface area contributed by atoms with E-state index in [9.17, 15) is 35.1 Å². The van der Waals surface area contributed by atoms with Crippen molar-refractivity contribution in [3.63, 3.8) is 0 Å². The van der Waals surface area contributed by atoms with Gasteiger partial charge in [-0.05, 0) is 31.9 Å². The second kappa shape index (κ2) is 4.63. The third-order valence-corrected chi connectivity index (χ3v) is 4.10. The SMILES string of the molecule is N#C[C@@](F)(Br)C(F)(F)[C@@](F)(Br)[C@@](F)(Cl)C(F)(F)F. The van der Waals surface area contributed by atoms with Crippen molar-refractivity contribution in [2.75, 3.05) is 0 Å². The summed E-state index contributed by atoms with van der Waals surface area (Å²) in [6.07, 6.45) is -6.30. The average molecular weight is 433 g/mol. The van der Waals surface area contributed by atoms with Gasteiger partial charge in [0.25, 0.3) is 4.58 Å². The molecule has 1 nitrogen and oxygen atoms in total. The monoisotopic (exact) mass is 431 g/mol. The molecule has 0 aromatic heterocycles. The van der Waals surface area contributed by atoms with E-state index in [0.29, 0.717) is 0 Å². The lowest BCUT2D eigenvalue weighted by molar-refractivity contribution is -0.261. The van der Waals surface area contributed by atoms with E-state index < -0.39 is 26.4 Å². The van der Waals surface area contributed by atoms with Crippen LogP contribution in [0.15, 0.2) is 0 Å². The molecule has 0 aromatic carbocycles. The first-order chi connectivity index (χ1) is 7.56. The predicted octanol–water partition coefficient (Wildman–Crippen LogP) is 4.73. The van der Waals surface area contributed by atoms with Crippen LogP contribution in [-0.2, 0) is 0 Å². The van der Waals surface area contributed by atoms with E-state index in [-0.39, 0.29) is 6.07 Å². The summed E-state index contributed by atoms with van der Waals surface area (Å²) in [6, 6.07) is 0.149. The second-order valence-corrected chi connectivity index (χ2v) is 5.61. The molecule has 12 heteroatoms. The largest absolute Gasteiger partial charge is 0.441 e. The lowest BCUT2D eigenvalue weighted by Gasteiger charge is -2.38. The van der Waals surface area contributed by atoms with Gasteiger partial charge in [-0.2, -0.15) is 27.2 Å². The Morgan fingerprint density at radius 1 is 0.889 bits per heavy atom. The summed E-state index contributed by atoms with van der Waals surface area (Å²) < 4.78 is 91.5. The Balaban J connectivity index is 5.90. The smallest absolute Gasteiger partial charge is 0.219 e. The van der Waals surface area contributed by atoms with Gasteiger partial charge in [0.05, 0.1) is 0 Å². The van der Waals surface area contributed by atoms with Crippen molar-refractivity contribution in [3.8, 4) is 6.07 Å². The van der Waals surface area contributed by atoms with Crippen molar-refractivity contribution in [3.05, 3.63) is 0 Å². The molecule has 0 saturated heterocycles. The molecule has 0 rings (SSSR count). The number of nitriles is 1. The van der Waals surface area contributed by atoms with Crippen LogP contribution in [0.3, 0.4) is 0 Å². The highest BCUT2D eigenvalue weighted by atomic mass is 79.9. The van der Waals surface area contributed by atoms with Crippen LogP contribution in [0.2, 0.25) is 0 Å². The molecule has 106 valence electrons. The maximum Gasteiger partial charge on any atom is 0.441 e. The Hall–Kier alpha value is 0.180. The van der Waals surface area contributed by atoms with Gasteiger partial charge in [0.2, 0.25) is 0 Å². The summed E-state index contributed by atoms with van der Waals surface area (Å²) in [5.41, 5.74) is 0. The predicted molar refractivity (Wildman–Crippen MR) is 51.8 cm³/mol. The maximum atomic E-state index is 13.3. The van der Waals surface area contributed by atoms with Crippen LogP contribution in [0.1, 0.15) is 0 Å². The van der Waals surface area contributed by atoms with Crippen LogP contribution in [0, 0.1) is 11.3 Å². The molecule has 0 unspecified atom stereocenters. The first-order valence-corrected chi connectivity index (χ1v) is 5.52. The van der Waals surface area contributed by atoms with E-state index in [1.165, 1.54) is 15.9 Å². The Morgan fingerprint density at radius 2 is 1.22 bits per heavy atom. The fraction of sp³-hybridized carbons (Fsp3) is 0.833. The minimum atomic E-state index is -6.30. The Bertz CT molecular complexity index is 371. The van der Waals surface area contributed by atoms with Crippen LogP contribution in [0.4, 0.5) is 35.1 Å². The number of nitrogens with zero attached hydrogens (tertiary/aromatic N) is 1. The van der Waals surface area contributed by atoms with Crippen molar-refractivity contribution < 1.29 is 35.1 Å². The number of hydrogen-bond donors (Lipinski definition) is 0. The first kappa shape index (κ1) is 18.2. The zero-order valence-electron chi connectivity index (χ0n) is 7.60. The first-order valence-electron chi connectivity index (χ1n) is 3.55. The quantitative estimate of drug-likeness (QED) is 0.466. The minimum Gasteiger partial charge on any atom is -0.219 e. The average Bonchev–Trinajstić information content (AvgIpc) is 2.15. The molecule has 0 saturated carbocycles. The zero-order valence-corrected chi connectivity index (χ0v) is 11.5. The van der Waals surface area contributed by atoms with Crippen molar-refractivity contribution >= 4 is 43.5 Å². The highest BCUT2D eigenvalue weighted by Crippen LogP contribution is 2.61. The second-order valence-electron chi connectivity index (χ2n) is 2.91. The topological polar surface area (TPSA) is 23.8 Å². The van der Waals surface area contributed by atoms with Gasteiger partial charge >= 0.3 is 21.8 Å². The Morgan fingerprint density at radius 3 is 1.44 bits per heavy atom. The number of alkyl halides is 11. The molecule has 0 aliphatic rings. The summed E-state index contributed by atoms with van der Waals surface area (Å²) in [6.45, 7) is 0. The molecule has 0 N–H and O–H groups in total. The standard InChI is InChI=1S/C6Br2ClF8N/c7-2(10,1-18)5(13,14)3(8,11)4(9,12)6(15,16)17/t2-,3+,4-/m0/s1. The molecule has 0 spiro atoms. The van der Waals surface area contributed by atoms with Crippen molar-refractivity contribution in [1.82, 2.24) is 0 Å². The summed E-state index contributed by atoms with van der Waals surface area (Å²) >= 11 is 6.49. The molecule has 0 fully saturated rings. The van der Waals surface area contributed by atoms with E-state index in [1.54, 1.807) is 0 Å². The van der Waals surface area contributed by atoms with Crippen molar-refractivity contribution in [2.45, 2.75) is 26.4 Å². The van der Waals surface area contributed by atoms with Gasteiger partial charge in [0, 0.05) is 0 Å². The molecule has 0 bridgehead atoms. The highest BCUT2D eigenvalue weighted by molar-refractivity contribution is 9.10. The molecule has 3 atom stereocenters. The van der Waals surface area contributed by atoms with E-state index in [4.69, 9.17) is 5.26 Å². The third kappa shape index (κ3) is 2.43. The molecule has 0 radical (unpaired) electrons. The van der Waals surface area contributed by atoms with Crippen molar-refractivity contribution in [1.29, 1.82) is 5.26 Å². The van der Waals surface area contributed by atoms with E-state index in [2.05, 4.69) is 11.6 Å². The zero-order chi connectivity index (χ0) is 15.2. The molecule has 0 amide bonds. The molecule has 0 heterocycles. The Kier molecular flexibility index (Phi) is 4.67. The normalized spacial score (nSPS) is 23.4. The summed E-state index contributed by atoms with van der Waals surface area (Å²) in [4.78, 5) is 0. The molecule has 0 aliphatic carbocycles. The molecule has 0 aromatic rings. The van der Waals surface area contributed by atoms with Crippen LogP contribution < -0.4 is 0 Å². The van der Waals surface area contributed by atoms with Crippen LogP contribution in [0.25, 0.3) is 0 Å². The van der Waals surface area contributed by atoms with E-state index >= 15 is 0 Å². The fourth-order valence-electron chi connectivity index (χ4n) is 0.643. The minimum absolute atomic E-state index is 0.149. The third-order valence-electron chi connectivity index (χ3n) is 1.68. The maximum absolute atomic E-state index is 13.3. The molecular formula is C6Br2ClF8N. The molecular weight excluding hydrogens is 433 g/mol. The highest BCUT2D eigenvalue weighted by Gasteiger charge is 2.82. The van der Waals surface area contributed by atoms with Crippen molar-refractivity contribution in [2.24, 2.45) is 0 Å². The van der Waals surface area contributed by atoms with Crippen LogP contribution in [-0.4, -0.2) is 26.4 Å². The summed E-state index contributed by atoms with van der Waals surface area (Å²) in [7, 11) is 0. The van der Waals surface area contributed by atoms with Gasteiger partial charge in [-0.3, -0.25) is 0 Å². The van der Waals surface area contributed by atoms with Gasteiger partial charge in [0.15, 0.2) is 0 Å². The summed E-state index contributed by atoms with van der Waals surface area (Å²) in [5, 5.41) is 2.30. The van der Waals surface area contributed by atoms with Crippen LogP contribution in [0.5, 0.6) is 0 Å². The van der Waals surface area contributed by atoms with Gasteiger partial charge in [-0.1, -0.05) is 11.6 Å². The van der Waals surface area contributed by atoms with Crippen LogP contribution >= 0.6 is 43.5 Å². The van der Waals surface area contributed by atoms with E-state index in [1.807, 2.05) is 0 Å². The fourth-order valence-corrected chi connectivity index (χ4v) is 1.80. The number of hydrogen-bond acceptors (Lipinski definition) is 1. The van der Waals surface area contributed by atoms with E-state index in [0.717, 1.165) is 15.9 Å². The van der Waals surface area contributed by atoms with Gasteiger partial charge in [-0.25, -0.2) is 13.2 Å². The number of rotatable bonds is 3. The lowest BCUT2D eigenvalue weighted by atomic mass is 10.0. The molecule has 0 aliphatic heterocycles. The molecule has 18 heavy (non-hydrogen) atoms. The van der Waals surface area contributed by atoms with Gasteiger partial charge in [-0.15, -0.1) is 0 Å². The number of halogens is 11. The Labute approximate surface area is 116 Å². The van der Waals surface area contributed by atoms with Gasteiger partial charge < -0.3 is 0 Å². The lowest BCUT2D eigenvalue weighted by Crippen LogP contribution is -2.64. The van der Waals surface area contributed by atoms with Gasteiger partial charge in [0.1, 0.15) is 6.07 Å².